The zero-order valence-electron chi connectivity index (χ0n) is 11.4. The molecule has 0 saturated carbocycles. The smallest absolute Gasteiger partial charge is 0.273 e. The standard InChI is InChI=1S/C13H17N3O4/c1-8-6-15(7-11(8)14)13(17)10-4-3-9(16(18)19)5-12(10)20-2/h3-5,8,11H,6-7,14H2,1-2H3. The summed E-state index contributed by atoms with van der Waals surface area (Å²) in [6, 6.07) is 3.94. The van der Waals surface area contributed by atoms with E-state index in [1.807, 2.05) is 6.92 Å². The van der Waals surface area contributed by atoms with Crippen molar-refractivity contribution in [3.63, 3.8) is 0 Å². The number of nitrogens with zero attached hydrogens (tertiary/aromatic N) is 2. The molecule has 20 heavy (non-hydrogen) atoms. The van der Waals surface area contributed by atoms with Crippen LogP contribution in [0.3, 0.4) is 0 Å². The molecule has 7 heteroatoms. The van der Waals surface area contributed by atoms with Gasteiger partial charge in [-0.25, -0.2) is 0 Å². The summed E-state index contributed by atoms with van der Waals surface area (Å²) in [4.78, 5) is 24.3. The molecule has 0 bridgehead atoms. The van der Waals surface area contributed by atoms with Crippen LogP contribution in [0.1, 0.15) is 17.3 Å². The van der Waals surface area contributed by atoms with Crippen LogP contribution in [0.4, 0.5) is 5.69 Å². The molecular weight excluding hydrogens is 262 g/mol. The Kier molecular flexibility index (Phi) is 3.89. The van der Waals surface area contributed by atoms with E-state index in [4.69, 9.17) is 10.5 Å². The molecule has 2 unspecified atom stereocenters. The number of nitro groups is 1. The average molecular weight is 279 g/mol. The fourth-order valence-electron chi connectivity index (χ4n) is 2.30. The number of non-ortho nitro benzene ring substituents is 1. The van der Waals surface area contributed by atoms with Crippen LogP contribution in [-0.2, 0) is 0 Å². The highest BCUT2D eigenvalue weighted by atomic mass is 16.6. The second-order valence-electron chi connectivity index (χ2n) is 4.99. The molecule has 0 aromatic heterocycles. The maximum absolute atomic E-state index is 12.4. The van der Waals surface area contributed by atoms with E-state index in [2.05, 4.69) is 0 Å². The van der Waals surface area contributed by atoms with Gasteiger partial charge in [-0.05, 0) is 12.0 Å². The highest BCUT2D eigenvalue weighted by molar-refractivity contribution is 5.97. The van der Waals surface area contributed by atoms with Gasteiger partial charge in [0.25, 0.3) is 11.6 Å². The predicted octanol–water partition coefficient (Wildman–Crippen LogP) is 1.02. The Hall–Kier alpha value is -2.15. The maximum Gasteiger partial charge on any atom is 0.273 e. The van der Waals surface area contributed by atoms with Gasteiger partial charge in [-0.1, -0.05) is 6.92 Å². The molecule has 1 aromatic rings. The fraction of sp³-hybridized carbons (Fsp3) is 0.462. The summed E-state index contributed by atoms with van der Waals surface area (Å²) < 4.78 is 5.09. The molecular formula is C13H17N3O4. The molecule has 0 spiro atoms. The van der Waals surface area contributed by atoms with Crippen molar-refractivity contribution < 1.29 is 14.5 Å². The van der Waals surface area contributed by atoms with Crippen molar-refractivity contribution in [3.05, 3.63) is 33.9 Å². The quantitative estimate of drug-likeness (QED) is 0.658. The van der Waals surface area contributed by atoms with Crippen LogP contribution < -0.4 is 10.5 Å². The number of carbonyl (C=O) groups excluding carboxylic acids is 1. The molecule has 1 aromatic carbocycles. The zero-order valence-corrected chi connectivity index (χ0v) is 11.4. The number of hydrogen-bond acceptors (Lipinski definition) is 5. The van der Waals surface area contributed by atoms with E-state index in [0.717, 1.165) is 0 Å². The lowest BCUT2D eigenvalue weighted by Crippen LogP contribution is -2.32. The Labute approximate surface area is 116 Å². The number of carbonyl (C=O) groups is 1. The van der Waals surface area contributed by atoms with Gasteiger partial charge in [0.05, 0.1) is 23.7 Å². The molecule has 7 nitrogen and oxygen atoms in total. The van der Waals surface area contributed by atoms with E-state index in [1.165, 1.54) is 25.3 Å². The number of rotatable bonds is 3. The lowest BCUT2D eigenvalue weighted by Gasteiger charge is -2.17. The number of nitrogens with two attached hydrogens (primary N) is 1. The van der Waals surface area contributed by atoms with Crippen molar-refractivity contribution in [2.24, 2.45) is 11.7 Å². The van der Waals surface area contributed by atoms with Gasteiger partial charge in [0.15, 0.2) is 0 Å². The summed E-state index contributed by atoms with van der Waals surface area (Å²) in [5.41, 5.74) is 6.12. The number of benzene rings is 1. The van der Waals surface area contributed by atoms with E-state index in [1.54, 1.807) is 4.90 Å². The Bertz CT molecular complexity index is 536. The Morgan fingerprint density at radius 2 is 2.20 bits per heavy atom. The first-order chi connectivity index (χ1) is 9.43. The van der Waals surface area contributed by atoms with Crippen LogP contribution >= 0.6 is 0 Å². The van der Waals surface area contributed by atoms with Crippen molar-refractivity contribution in [1.29, 1.82) is 0 Å². The van der Waals surface area contributed by atoms with Crippen LogP contribution in [0.5, 0.6) is 5.75 Å². The van der Waals surface area contributed by atoms with Crippen LogP contribution in [0, 0.1) is 16.0 Å². The van der Waals surface area contributed by atoms with Gasteiger partial charge in [-0.2, -0.15) is 0 Å². The number of amides is 1. The number of nitro benzene ring substituents is 1. The van der Waals surface area contributed by atoms with Gasteiger partial charge in [0.2, 0.25) is 0 Å². The number of hydrogen-bond donors (Lipinski definition) is 1. The normalized spacial score (nSPS) is 21.9. The molecule has 1 amide bonds. The average Bonchev–Trinajstić information content (AvgIpc) is 2.77. The first-order valence-electron chi connectivity index (χ1n) is 6.31. The third-order valence-electron chi connectivity index (χ3n) is 3.58. The molecule has 1 saturated heterocycles. The van der Waals surface area contributed by atoms with E-state index in [9.17, 15) is 14.9 Å². The third kappa shape index (κ3) is 2.57. The largest absolute Gasteiger partial charge is 0.496 e. The number of ether oxygens (including phenoxy) is 1. The second kappa shape index (κ2) is 5.46. The van der Waals surface area contributed by atoms with Gasteiger partial charge in [0.1, 0.15) is 5.75 Å². The number of methoxy groups -OCH3 is 1. The molecule has 2 atom stereocenters. The Morgan fingerprint density at radius 3 is 2.70 bits per heavy atom. The summed E-state index contributed by atoms with van der Waals surface area (Å²) in [5, 5.41) is 10.7. The highest BCUT2D eigenvalue weighted by Gasteiger charge is 2.31. The first-order valence-corrected chi connectivity index (χ1v) is 6.31. The van der Waals surface area contributed by atoms with Crippen molar-refractivity contribution >= 4 is 11.6 Å². The molecule has 2 rings (SSSR count). The molecule has 1 heterocycles. The summed E-state index contributed by atoms with van der Waals surface area (Å²) in [5.74, 6) is 0.233. The molecule has 0 radical (unpaired) electrons. The van der Waals surface area contributed by atoms with Gasteiger partial charge < -0.3 is 15.4 Å². The molecule has 1 aliphatic heterocycles. The Morgan fingerprint density at radius 1 is 1.50 bits per heavy atom. The second-order valence-corrected chi connectivity index (χ2v) is 4.99. The molecule has 2 N–H and O–H groups in total. The summed E-state index contributed by atoms with van der Waals surface area (Å²) in [6.45, 7) is 3.06. The highest BCUT2D eigenvalue weighted by Crippen LogP contribution is 2.27. The van der Waals surface area contributed by atoms with Crippen molar-refractivity contribution in [1.82, 2.24) is 4.90 Å². The number of likely N-dealkylation sites (tertiary alicyclic amines) is 1. The van der Waals surface area contributed by atoms with E-state index < -0.39 is 4.92 Å². The topological polar surface area (TPSA) is 98.7 Å². The fourth-order valence-corrected chi connectivity index (χ4v) is 2.30. The Balaban J connectivity index is 2.28. The molecule has 0 aliphatic carbocycles. The van der Waals surface area contributed by atoms with Gasteiger partial charge in [0, 0.05) is 25.2 Å². The van der Waals surface area contributed by atoms with E-state index in [-0.39, 0.29) is 29.3 Å². The molecule has 1 fully saturated rings. The zero-order chi connectivity index (χ0) is 14.9. The van der Waals surface area contributed by atoms with E-state index >= 15 is 0 Å². The monoisotopic (exact) mass is 279 g/mol. The van der Waals surface area contributed by atoms with Crippen molar-refractivity contribution in [3.8, 4) is 5.75 Å². The first kappa shape index (κ1) is 14.3. The summed E-state index contributed by atoms with van der Waals surface area (Å²) >= 11 is 0. The lowest BCUT2D eigenvalue weighted by molar-refractivity contribution is -0.384. The van der Waals surface area contributed by atoms with Crippen LogP contribution in [0.25, 0.3) is 0 Å². The maximum atomic E-state index is 12.4. The summed E-state index contributed by atoms with van der Waals surface area (Å²) in [7, 11) is 1.38. The third-order valence-corrected chi connectivity index (χ3v) is 3.58. The van der Waals surface area contributed by atoms with Crippen molar-refractivity contribution in [2.45, 2.75) is 13.0 Å². The SMILES string of the molecule is COc1cc([N+](=O)[O-])ccc1C(=O)N1CC(C)C(N)C1. The summed E-state index contributed by atoms with van der Waals surface area (Å²) in [6.07, 6.45) is 0. The molecule has 1 aliphatic rings. The van der Waals surface area contributed by atoms with Crippen LogP contribution in [0.15, 0.2) is 18.2 Å². The van der Waals surface area contributed by atoms with Gasteiger partial charge in [-0.3, -0.25) is 14.9 Å². The molecule has 108 valence electrons. The van der Waals surface area contributed by atoms with Crippen molar-refractivity contribution in [2.75, 3.05) is 20.2 Å². The van der Waals surface area contributed by atoms with Gasteiger partial charge in [-0.15, -0.1) is 0 Å². The van der Waals surface area contributed by atoms with Crippen LogP contribution in [-0.4, -0.2) is 42.0 Å². The lowest BCUT2D eigenvalue weighted by atomic mass is 10.1. The minimum atomic E-state index is -0.523. The minimum absolute atomic E-state index is 0.0389. The van der Waals surface area contributed by atoms with Gasteiger partial charge >= 0.3 is 0 Å². The van der Waals surface area contributed by atoms with Crippen LogP contribution in [0.2, 0.25) is 0 Å². The minimum Gasteiger partial charge on any atom is -0.496 e. The predicted molar refractivity (Wildman–Crippen MR) is 72.7 cm³/mol. The van der Waals surface area contributed by atoms with E-state index in [0.29, 0.717) is 18.7 Å².